The largest absolute Gasteiger partial charge is 0.285 e. The average molecular weight is 138 g/mol. The van der Waals surface area contributed by atoms with E-state index in [0.717, 1.165) is 0 Å². The average Bonchev–Trinajstić information content (AvgIpc) is 2.00. The predicted octanol–water partition coefficient (Wildman–Crippen LogP) is 1.40. The van der Waals surface area contributed by atoms with Crippen LogP contribution in [0.1, 0.15) is 13.8 Å². The third-order valence-corrected chi connectivity index (χ3v) is 1.78. The Hall–Kier alpha value is -0.810. The van der Waals surface area contributed by atoms with Crippen LogP contribution in [0.25, 0.3) is 0 Å². The van der Waals surface area contributed by atoms with Crippen molar-refractivity contribution < 1.29 is 0 Å². The first-order valence-corrected chi connectivity index (χ1v) is 3.37. The zero-order valence-electron chi connectivity index (χ0n) is 6.83. The molecule has 0 aromatic carbocycles. The second kappa shape index (κ2) is 4.08. The lowest BCUT2D eigenvalue weighted by Crippen LogP contribution is -2.34. The van der Waals surface area contributed by atoms with Gasteiger partial charge in [-0.25, -0.2) is 0 Å². The van der Waals surface area contributed by atoms with Crippen LogP contribution in [0.4, 0.5) is 0 Å². The molecule has 2 unspecified atom stereocenters. The molecule has 0 aromatic heterocycles. The van der Waals surface area contributed by atoms with Crippen molar-refractivity contribution in [1.29, 1.82) is 5.26 Å². The third-order valence-electron chi connectivity index (χ3n) is 1.78. The molecule has 0 aliphatic rings. The van der Waals surface area contributed by atoms with E-state index in [9.17, 15) is 0 Å². The minimum Gasteiger partial charge on any atom is -0.285 e. The maximum absolute atomic E-state index is 8.52. The molecule has 0 aliphatic heterocycles. The Balaban J connectivity index is 3.95. The summed E-state index contributed by atoms with van der Waals surface area (Å²) in [4.78, 5) is 1.97. The fourth-order valence-electron chi connectivity index (χ4n) is 0.610. The summed E-state index contributed by atoms with van der Waals surface area (Å²) in [5.74, 6) is 0. The highest BCUT2D eigenvalue weighted by molar-refractivity contribution is 4.93. The minimum atomic E-state index is -0.0343. The lowest BCUT2D eigenvalue weighted by Gasteiger charge is -2.23. The molecule has 0 spiro atoms. The van der Waals surface area contributed by atoms with Crippen LogP contribution in [-0.4, -0.2) is 24.0 Å². The summed E-state index contributed by atoms with van der Waals surface area (Å²) in [6.45, 7) is 7.54. The standard InChI is InChI=1S/C8H14N2/c1-5-7(2)10(4)8(3)6-9/h5,7-8H,1H2,2-4H3. The van der Waals surface area contributed by atoms with Crippen LogP contribution < -0.4 is 0 Å². The number of rotatable bonds is 3. The molecular weight excluding hydrogens is 124 g/mol. The smallest absolute Gasteiger partial charge is 0.0951 e. The number of nitrogens with zero attached hydrogens (tertiary/aromatic N) is 2. The van der Waals surface area contributed by atoms with E-state index in [1.54, 1.807) is 0 Å². The van der Waals surface area contributed by atoms with E-state index in [0.29, 0.717) is 0 Å². The SMILES string of the molecule is C=CC(C)N(C)C(C)C#N. The molecule has 0 radical (unpaired) electrons. The molecule has 0 aliphatic carbocycles. The van der Waals surface area contributed by atoms with Gasteiger partial charge in [0.15, 0.2) is 0 Å². The maximum atomic E-state index is 8.52. The fourth-order valence-corrected chi connectivity index (χ4v) is 0.610. The molecule has 0 bridgehead atoms. The van der Waals surface area contributed by atoms with E-state index in [2.05, 4.69) is 12.6 Å². The van der Waals surface area contributed by atoms with Gasteiger partial charge >= 0.3 is 0 Å². The van der Waals surface area contributed by atoms with Gasteiger partial charge < -0.3 is 0 Å². The number of hydrogen-bond acceptors (Lipinski definition) is 2. The monoisotopic (exact) mass is 138 g/mol. The summed E-state index contributed by atoms with van der Waals surface area (Å²) >= 11 is 0. The van der Waals surface area contributed by atoms with Crippen LogP contribution in [0, 0.1) is 11.3 Å². The van der Waals surface area contributed by atoms with Crippen molar-refractivity contribution in [1.82, 2.24) is 4.90 Å². The van der Waals surface area contributed by atoms with Gasteiger partial charge in [0, 0.05) is 6.04 Å². The Morgan fingerprint density at radius 2 is 2.10 bits per heavy atom. The molecule has 0 aromatic rings. The van der Waals surface area contributed by atoms with Gasteiger partial charge in [-0.3, -0.25) is 4.90 Å². The second-order valence-electron chi connectivity index (χ2n) is 2.45. The topological polar surface area (TPSA) is 27.0 Å². The van der Waals surface area contributed by atoms with Gasteiger partial charge in [-0.2, -0.15) is 5.26 Å². The van der Waals surface area contributed by atoms with Gasteiger partial charge in [-0.15, -0.1) is 6.58 Å². The molecule has 0 amide bonds. The van der Waals surface area contributed by atoms with E-state index >= 15 is 0 Å². The van der Waals surface area contributed by atoms with E-state index in [1.165, 1.54) is 0 Å². The highest BCUT2D eigenvalue weighted by Crippen LogP contribution is 2.00. The summed E-state index contributed by atoms with van der Waals surface area (Å²) in [5, 5.41) is 8.52. The Morgan fingerprint density at radius 3 is 2.40 bits per heavy atom. The highest BCUT2D eigenvalue weighted by Gasteiger charge is 2.10. The van der Waals surface area contributed by atoms with Crippen molar-refractivity contribution >= 4 is 0 Å². The quantitative estimate of drug-likeness (QED) is 0.551. The summed E-state index contributed by atoms with van der Waals surface area (Å²) in [5.41, 5.74) is 0. The lowest BCUT2D eigenvalue weighted by atomic mass is 10.2. The molecule has 56 valence electrons. The summed E-state index contributed by atoms with van der Waals surface area (Å²) in [6, 6.07) is 2.40. The molecule has 0 rings (SSSR count). The summed E-state index contributed by atoms with van der Waals surface area (Å²) in [6.07, 6.45) is 1.83. The molecule has 2 nitrogen and oxygen atoms in total. The molecule has 0 saturated heterocycles. The van der Waals surface area contributed by atoms with Crippen molar-refractivity contribution in [2.24, 2.45) is 0 Å². The van der Waals surface area contributed by atoms with Gasteiger partial charge in [0.25, 0.3) is 0 Å². The van der Waals surface area contributed by atoms with E-state index in [1.807, 2.05) is 31.9 Å². The van der Waals surface area contributed by atoms with Gasteiger partial charge in [0.05, 0.1) is 12.1 Å². The third kappa shape index (κ3) is 2.20. The van der Waals surface area contributed by atoms with Gasteiger partial charge in [-0.1, -0.05) is 6.08 Å². The van der Waals surface area contributed by atoms with Crippen LogP contribution in [-0.2, 0) is 0 Å². The molecule has 0 heterocycles. The molecular formula is C8H14N2. The fraction of sp³-hybridized carbons (Fsp3) is 0.625. The van der Waals surface area contributed by atoms with Crippen molar-refractivity contribution in [3.8, 4) is 6.07 Å². The first kappa shape index (κ1) is 9.19. The Bertz CT molecular complexity index is 146. The number of hydrogen-bond donors (Lipinski definition) is 0. The van der Waals surface area contributed by atoms with Crippen molar-refractivity contribution in [3.05, 3.63) is 12.7 Å². The summed E-state index contributed by atoms with van der Waals surface area (Å²) < 4.78 is 0. The number of likely N-dealkylation sites (N-methyl/N-ethyl adjacent to an activating group) is 1. The second-order valence-corrected chi connectivity index (χ2v) is 2.45. The van der Waals surface area contributed by atoms with Crippen LogP contribution in [0.3, 0.4) is 0 Å². The normalized spacial score (nSPS) is 15.9. The van der Waals surface area contributed by atoms with Crippen LogP contribution in [0.2, 0.25) is 0 Å². The van der Waals surface area contributed by atoms with Crippen molar-refractivity contribution in [3.63, 3.8) is 0 Å². The molecule has 2 atom stereocenters. The lowest BCUT2D eigenvalue weighted by molar-refractivity contribution is 0.267. The Kier molecular flexibility index (Phi) is 3.75. The van der Waals surface area contributed by atoms with Gasteiger partial charge in [-0.05, 0) is 20.9 Å². The number of nitriles is 1. The predicted molar refractivity (Wildman–Crippen MR) is 42.5 cm³/mol. The summed E-state index contributed by atoms with van der Waals surface area (Å²) in [7, 11) is 1.92. The first-order chi connectivity index (χ1) is 4.63. The van der Waals surface area contributed by atoms with E-state index < -0.39 is 0 Å². The van der Waals surface area contributed by atoms with Crippen LogP contribution in [0.5, 0.6) is 0 Å². The molecule has 10 heavy (non-hydrogen) atoms. The minimum absolute atomic E-state index is 0.0343. The molecule has 0 N–H and O–H groups in total. The van der Waals surface area contributed by atoms with Crippen molar-refractivity contribution in [2.45, 2.75) is 25.9 Å². The zero-order chi connectivity index (χ0) is 8.15. The Labute approximate surface area is 62.8 Å². The van der Waals surface area contributed by atoms with Crippen LogP contribution >= 0.6 is 0 Å². The van der Waals surface area contributed by atoms with Crippen LogP contribution in [0.15, 0.2) is 12.7 Å². The molecule has 2 heteroatoms. The van der Waals surface area contributed by atoms with E-state index in [4.69, 9.17) is 5.26 Å². The maximum Gasteiger partial charge on any atom is 0.0951 e. The Morgan fingerprint density at radius 1 is 1.60 bits per heavy atom. The van der Waals surface area contributed by atoms with Gasteiger partial charge in [0.1, 0.15) is 0 Å². The van der Waals surface area contributed by atoms with Gasteiger partial charge in [0.2, 0.25) is 0 Å². The first-order valence-electron chi connectivity index (χ1n) is 3.37. The highest BCUT2D eigenvalue weighted by atomic mass is 15.1. The van der Waals surface area contributed by atoms with E-state index in [-0.39, 0.29) is 12.1 Å². The van der Waals surface area contributed by atoms with Crippen molar-refractivity contribution in [2.75, 3.05) is 7.05 Å². The molecule has 0 saturated carbocycles. The molecule has 0 fully saturated rings. The zero-order valence-corrected chi connectivity index (χ0v) is 6.83.